The number of hydrogen-bond donors (Lipinski definition) is 1. The number of nitrogens with zero attached hydrogens (tertiary/aromatic N) is 2. The molecule has 1 N–H and O–H groups in total. The molecular formula is C13H20BrN3O3S. The van der Waals surface area contributed by atoms with E-state index in [1.165, 1.54) is 13.3 Å². The molecule has 0 bridgehead atoms. The van der Waals surface area contributed by atoms with Crippen molar-refractivity contribution < 1.29 is 9.53 Å². The molecule has 0 aliphatic rings. The number of esters is 1. The van der Waals surface area contributed by atoms with Crippen LogP contribution in [0.5, 0.6) is 0 Å². The Labute approximate surface area is 136 Å². The molecule has 0 saturated carbocycles. The normalized spacial score (nSPS) is 12.0. The largest absolute Gasteiger partial charge is 0.468 e. The minimum absolute atomic E-state index is 0.198. The van der Waals surface area contributed by atoms with Gasteiger partial charge in [0.15, 0.2) is 0 Å². The van der Waals surface area contributed by atoms with E-state index < -0.39 is 5.97 Å². The molecular weight excluding hydrogens is 358 g/mol. The first-order valence-electron chi connectivity index (χ1n) is 6.66. The highest BCUT2D eigenvalue weighted by atomic mass is 79.9. The number of anilines is 1. The monoisotopic (exact) mass is 377 g/mol. The number of hydrogen-bond acceptors (Lipinski definition) is 6. The van der Waals surface area contributed by atoms with Crippen LogP contribution in [0.3, 0.4) is 0 Å². The van der Waals surface area contributed by atoms with Gasteiger partial charge in [-0.3, -0.25) is 9.59 Å². The third-order valence-corrected chi connectivity index (χ3v) is 4.49. The molecule has 0 aromatic carbocycles. The molecule has 1 unspecified atom stereocenters. The standard InChI is InChI=1S/C13H20BrN3O3S/c1-4-21-6-5-9(2)16-10-7-15-17(8-11(18)20-3)13(19)12(10)14/h7,9,16H,4-6,8H2,1-3H3. The fraction of sp³-hybridized carbons (Fsp3) is 0.615. The third kappa shape index (κ3) is 5.70. The van der Waals surface area contributed by atoms with E-state index in [4.69, 9.17) is 0 Å². The van der Waals surface area contributed by atoms with E-state index in [9.17, 15) is 9.59 Å². The van der Waals surface area contributed by atoms with Gasteiger partial charge in [0.05, 0.1) is 19.0 Å². The van der Waals surface area contributed by atoms with Crippen molar-refractivity contribution in [3.8, 4) is 0 Å². The van der Waals surface area contributed by atoms with Crippen LogP contribution in [-0.4, -0.2) is 40.4 Å². The van der Waals surface area contributed by atoms with E-state index in [0.29, 0.717) is 10.2 Å². The maximum absolute atomic E-state index is 12.1. The minimum atomic E-state index is -0.512. The predicted octanol–water partition coefficient (Wildman–Crippen LogP) is 2.12. The lowest BCUT2D eigenvalue weighted by molar-refractivity contribution is -0.141. The summed E-state index contributed by atoms with van der Waals surface area (Å²) in [5.41, 5.74) is 0.274. The fourth-order valence-electron chi connectivity index (χ4n) is 1.61. The minimum Gasteiger partial charge on any atom is -0.468 e. The van der Waals surface area contributed by atoms with Gasteiger partial charge in [-0.25, -0.2) is 4.68 Å². The lowest BCUT2D eigenvalue weighted by atomic mass is 10.2. The summed E-state index contributed by atoms with van der Waals surface area (Å²) in [5.74, 6) is 1.65. The summed E-state index contributed by atoms with van der Waals surface area (Å²) in [4.78, 5) is 23.3. The number of thioether (sulfide) groups is 1. The summed E-state index contributed by atoms with van der Waals surface area (Å²) < 4.78 is 5.97. The molecule has 0 aliphatic carbocycles. The van der Waals surface area contributed by atoms with Gasteiger partial charge >= 0.3 is 5.97 Å². The van der Waals surface area contributed by atoms with Gasteiger partial charge in [0.2, 0.25) is 0 Å². The Kier molecular flexibility index (Phi) is 7.81. The third-order valence-electron chi connectivity index (χ3n) is 2.79. The fourth-order valence-corrected chi connectivity index (χ4v) is 2.84. The van der Waals surface area contributed by atoms with E-state index in [-0.39, 0.29) is 18.1 Å². The molecule has 6 nitrogen and oxygen atoms in total. The Morgan fingerprint density at radius 3 is 2.95 bits per heavy atom. The highest BCUT2D eigenvalue weighted by molar-refractivity contribution is 9.10. The molecule has 0 spiro atoms. The molecule has 1 aromatic rings. The van der Waals surface area contributed by atoms with Crippen LogP contribution in [0.4, 0.5) is 5.69 Å². The number of carbonyl (C=O) groups excluding carboxylic acids is 1. The van der Waals surface area contributed by atoms with Gasteiger partial charge in [-0.2, -0.15) is 16.9 Å². The number of carbonyl (C=O) groups is 1. The number of methoxy groups -OCH3 is 1. The Balaban J connectivity index is 2.75. The molecule has 0 radical (unpaired) electrons. The molecule has 1 atom stereocenters. The van der Waals surface area contributed by atoms with Gasteiger partial charge in [-0.05, 0) is 40.8 Å². The predicted molar refractivity (Wildman–Crippen MR) is 88.9 cm³/mol. The van der Waals surface area contributed by atoms with Crippen molar-refractivity contribution in [3.05, 3.63) is 21.0 Å². The zero-order valence-corrected chi connectivity index (χ0v) is 14.8. The van der Waals surface area contributed by atoms with Gasteiger partial charge < -0.3 is 10.1 Å². The Morgan fingerprint density at radius 2 is 2.33 bits per heavy atom. The Bertz CT molecular complexity index is 536. The van der Waals surface area contributed by atoms with Crippen molar-refractivity contribution in [3.63, 3.8) is 0 Å². The van der Waals surface area contributed by atoms with Gasteiger partial charge in [0.1, 0.15) is 11.0 Å². The van der Waals surface area contributed by atoms with Crippen LogP contribution in [0, 0.1) is 0 Å². The first kappa shape index (κ1) is 18.0. The van der Waals surface area contributed by atoms with Gasteiger partial charge in [-0.1, -0.05) is 6.92 Å². The molecule has 0 aliphatic heterocycles. The van der Waals surface area contributed by atoms with Crippen molar-refractivity contribution in [1.29, 1.82) is 0 Å². The average Bonchev–Trinajstić information content (AvgIpc) is 2.47. The first-order valence-corrected chi connectivity index (χ1v) is 8.61. The smallest absolute Gasteiger partial charge is 0.327 e. The number of nitrogens with one attached hydrogen (secondary N) is 1. The number of aromatic nitrogens is 2. The molecule has 0 amide bonds. The van der Waals surface area contributed by atoms with E-state index in [1.54, 1.807) is 0 Å². The van der Waals surface area contributed by atoms with Gasteiger partial charge in [0, 0.05) is 6.04 Å². The average molecular weight is 378 g/mol. The van der Waals surface area contributed by atoms with Crippen molar-refractivity contribution in [2.75, 3.05) is 23.9 Å². The zero-order valence-electron chi connectivity index (χ0n) is 12.4. The van der Waals surface area contributed by atoms with Crippen LogP contribution in [0.25, 0.3) is 0 Å². The lowest BCUT2D eigenvalue weighted by Gasteiger charge is -2.16. The van der Waals surface area contributed by atoms with Crippen LogP contribution >= 0.6 is 27.7 Å². The number of ether oxygens (including phenoxy) is 1. The van der Waals surface area contributed by atoms with Crippen LogP contribution < -0.4 is 10.9 Å². The van der Waals surface area contributed by atoms with E-state index in [1.807, 2.05) is 11.8 Å². The molecule has 118 valence electrons. The summed E-state index contributed by atoms with van der Waals surface area (Å²) in [6, 6.07) is 0.234. The SMILES string of the molecule is CCSCCC(C)Nc1cnn(CC(=O)OC)c(=O)c1Br. The molecule has 21 heavy (non-hydrogen) atoms. The molecule has 0 saturated heterocycles. The summed E-state index contributed by atoms with van der Waals surface area (Å²) in [6.45, 7) is 3.99. The second-order valence-electron chi connectivity index (χ2n) is 4.44. The zero-order chi connectivity index (χ0) is 15.8. The quantitative estimate of drug-likeness (QED) is 0.552. The topological polar surface area (TPSA) is 73.2 Å². The van der Waals surface area contributed by atoms with Crippen molar-refractivity contribution >= 4 is 39.3 Å². The highest BCUT2D eigenvalue weighted by Crippen LogP contribution is 2.18. The summed E-state index contributed by atoms with van der Waals surface area (Å²) >= 11 is 5.14. The molecule has 1 aromatic heterocycles. The second-order valence-corrected chi connectivity index (χ2v) is 6.63. The van der Waals surface area contributed by atoms with Crippen LogP contribution in [0.1, 0.15) is 20.3 Å². The van der Waals surface area contributed by atoms with Crippen LogP contribution in [0.2, 0.25) is 0 Å². The van der Waals surface area contributed by atoms with Crippen LogP contribution in [0.15, 0.2) is 15.5 Å². The maximum atomic E-state index is 12.1. The van der Waals surface area contributed by atoms with Crippen LogP contribution in [-0.2, 0) is 16.1 Å². The second kappa shape index (κ2) is 9.09. The molecule has 1 heterocycles. The summed E-state index contributed by atoms with van der Waals surface area (Å²) in [5, 5.41) is 7.23. The maximum Gasteiger partial charge on any atom is 0.327 e. The Morgan fingerprint density at radius 1 is 1.62 bits per heavy atom. The first-order chi connectivity index (χ1) is 9.99. The molecule has 0 fully saturated rings. The van der Waals surface area contributed by atoms with Crippen molar-refractivity contribution in [2.24, 2.45) is 0 Å². The van der Waals surface area contributed by atoms with Crippen molar-refractivity contribution in [1.82, 2.24) is 9.78 Å². The number of rotatable bonds is 8. The summed E-state index contributed by atoms with van der Waals surface area (Å²) in [6.07, 6.45) is 2.54. The number of halogens is 1. The van der Waals surface area contributed by atoms with Crippen molar-refractivity contribution in [2.45, 2.75) is 32.9 Å². The van der Waals surface area contributed by atoms with E-state index in [0.717, 1.165) is 22.6 Å². The highest BCUT2D eigenvalue weighted by Gasteiger charge is 2.13. The molecule has 1 rings (SSSR count). The van der Waals surface area contributed by atoms with E-state index in [2.05, 4.69) is 44.9 Å². The van der Waals surface area contributed by atoms with Gasteiger partial charge in [-0.15, -0.1) is 0 Å². The van der Waals surface area contributed by atoms with E-state index >= 15 is 0 Å². The molecule has 8 heteroatoms. The lowest BCUT2D eigenvalue weighted by Crippen LogP contribution is -2.29. The Hall–Kier alpha value is -1.02. The summed E-state index contributed by atoms with van der Waals surface area (Å²) in [7, 11) is 1.27. The van der Waals surface area contributed by atoms with Gasteiger partial charge in [0.25, 0.3) is 5.56 Å².